The first-order chi connectivity index (χ1) is 13.1. The van der Waals surface area contributed by atoms with Gasteiger partial charge in [-0.05, 0) is 25.0 Å². The zero-order chi connectivity index (χ0) is 18.8. The maximum Gasteiger partial charge on any atom is 0.290 e. The number of hydrogen-bond donors (Lipinski definition) is 0. The molecule has 2 saturated heterocycles. The van der Waals surface area contributed by atoms with Crippen LogP contribution < -0.4 is 4.74 Å². The maximum atomic E-state index is 13.1. The number of rotatable bonds is 4. The lowest BCUT2D eigenvalue weighted by Crippen LogP contribution is -2.47. The van der Waals surface area contributed by atoms with Crippen molar-refractivity contribution in [3.63, 3.8) is 0 Å². The number of carbonyl (C=O) groups is 2. The van der Waals surface area contributed by atoms with E-state index in [1.165, 1.54) is 0 Å². The molecule has 2 aliphatic heterocycles. The maximum absolute atomic E-state index is 13.1. The van der Waals surface area contributed by atoms with Crippen LogP contribution in [0.5, 0.6) is 5.75 Å². The van der Waals surface area contributed by atoms with Gasteiger partial charge in [0.05, 0.1) is 12.7 Å². The standard InChI is InChI=1S/C19H23N5O3/c1-22-10-7-21-17(22)19(26)24-13-15(27-14-5-4-6-20-12-14)11-16(24)18(25)23-8-2-3-9-23/h4-7,10,12,15-16H,2-3,8-9,11,13H2,1H3/t15-,16-/m0/s1. The minimum Gasteiger partial charge on any atom is -0.487 e. The second kappa shape index (κ2) is 7.38. The molecule has 0 saturated carbocycles. The Hall–Kier alpha value is -2.90. The van der Waals surface area contributed by atoms with Crippen molar-refractivity contribution >= 4 is 11.8 Å². The van der Waals surface area contributed by atoms with Crippen LogP contribution in [0.1, 0.15) is 29.9 Å². The molecule has 2 fully saturated rings. The molecule has 0 spiro atoms. The van der Waals surface area contributed by atoms with E-state index in [9.17, 15) is 9.59 Å². The second-order valence-corrected chi connectivity index (χ2v) is 7.03. The van der Waals surface area contributed by atoms with Crippen LogP contribution in [0.2, 0.25) is 0 Å². The van der Waals surface area contributed by atoms with Gasteiger partial charge < -0.3 is 19.1 Å². The van der Waals surface area contributed by atoms with Crippen molar-refractivity contribution in [2.75, 3.05) is 19.6 Å². The Morgan fingerprint density at radius 2 is 2.04 bits per heavy atom. The van der Waals surface area contributed by atoms with Crippen LogP contribution in [0.4, 0.5) is 0 Å². The minimum atomic E-state index is -0.519. The Morgan fingerprint density at radius 1 is 1.22 bits per heavy atom. The molecule has 2 atom stereocenters. The summed E-state index contributed by atoms with van der Waals surface area (Å²) in [6, 6.07) is 3.11. The third kappa shape index (κ3) is 3.51. The molecule has 2 amide bonds. The van der Waals surface area contributed by atoms with E-state index in [1.807, 2.05) is 11.0 Å². The van der Waals surface area contributed by atoms with E-state index in [0.29, 0.717) is 24.5 Å². The SMILES string of the molecule is Cn1ccnc1C(=O)N1C[C@@H](Oc2cccnc2)C[C@H]1C(=O)N1CCCC1. The van der Waals surface area contributed by atoms with Crippen LogP contribution >= 0.6 is 0 Å². The molecule has 2 aromatic heterocycles. The lowest BCUT2D eigenvalue weighted by molar-refractivity contribution is -0.134. The largest absolute Gasteiger partial charge is 0.487 e. The molecule has 0 aliphatic carbocycles. The second-order valence-electron chi connectivity index (χ2n) is 7.03. The van der Waals surface area contributed by atoms with E-state index in [2.05, 4.69) is 9.97 Å². The van der Waals surface area contributed by atoms with Gasteiger partial charge in [0, 0.05) is 45.1 Å². The minimum absolute atomic E-state index is 0.00680. The molecular formula is C19H23N5O3. The fourth-order valence-electron chi connectivity index (χ4n) is 3.80. The highest BCUT2D eigenvalue weighted by atomic mass is 16.5. The number of amides is 2. The fraction of sp³-hybridized carbons (Fsp3) is 0.474. The van der Waals surface area contributed by atoms with E-state index in [1.54, 1.807) is 47.4 Å². The van der Waals surface area contributed by atoms with Crippen molar-refractivity contribution in [1.29, 1.82) is 0 Å². The Labute approximate surface area is 157 Å². The quantitative estimate of drug-likeness (QED) is 0.806. The smallest absolute Gasteiger partial charge is 0.290 e. The van der Waals surface area contributed by atoms with Crippen molar-refractivity contribution in [2.24, 2.45) is 7.05 Å². The van der Waals surface area contributed by atoms with E-state index in [4.69, 9.17) is 4.74 Å². The summed E-state index contributed by atoms with van der Waals surface area (Å²) in [5.74, 6) is 0.738. The number of aromatic nitrogens is 3. The van der Waals surface area contributed by atoms with E-state index in [-0.39, 0.29) is 17.9 Å². The van der Waals surface area contributed by atoms with Crippen LogP contribution in [0, 0.1) is 0 Å². The highest BCUT2D eigenvalue weighted by Crippen LogP contribution is 2.26. The van der Waals surface area contributed by atoms with E-state index >= 15 is 0 Å². The van der Waals surface area contributed by atoms with Gasteiger partial charge in [-0.2, -0.15) is 0 Å². The highest BCUT2D eigenvalue weighted by Gasteiger charge is 2.43. The summed E-state index contributed by atoms with van der Waals surface area (Å²) in [6.07, 6.45) is 8.88. The van der Waals surface area contributed by atoms with Gasteiger partial charge in [-0.1, -0.05) is 0 Å². The van der Waals surface area contributed by atoms with Crippen LogP contribution in [-0.2, 0) is 11.8 Å². The van der Waals surface area contributed by atoms with Gasteiger partial charge in [0.1, 0.15) is 17.9 Å². The lowest BCUT2D eigenvalue weighted by Gasteiger charge is -2.27. The molecule has 0 aromatic carbocycles. The molecule has 4 rings (SSSR count). The van der Waals surface area contributed by atoms with Gasteiger partial charge in [0.2, 0.25) is 5.91 Å². The molecular weight excluding hydrogens is 346 g/mol. The van der Waals surface area contributed by atoms with Crippen molar-refractivity contribution < 1.29 is 14.3 Å². The molecule has 4 heterocycles. The van der Waals surface area contributed by atoms with Gasteiger partial charge in [-0.3, -0.25) is 14.6 Å². The monoisotopic (exact) mass is 369 g/mol. The number of hydrogen-bond acceptors (Lipinski definition) is 5. The number of nitrogens with zero attached hydrogens (tertiary/aromatic N) is 5. The molecule has 8 nitrogen and oxygen atoms in total. The zero-order valence-electron chi connectivity index (χ0n) is 15.3. The number of likely N-dealkylation sites (tertiary alicyclic amines) is 2. The number of imidazole rings is 1. The van der Waals surface area contributed by atoms with Crippen molar-refractivity contribution in [3.8, 4) is 5.75 Å². The first-order valence-electron chi connectivity index (χ1n) is 9.27. The summed E-state index contributed by atoms with van der Waals surface area (Å²) >= 11 is 0. The normalized spacial score (nSPS) is 22.3. The highest BCUT2D eigenvalue weighted by molar-refractivity contribution is 5.95. The molecule has 2 aliphatic rings. The number of aryl methyl sites for hydroxylation is 1. The molecule has 2 aromatic rings. The van der Waals surface area contributed by atoms with Crippen LogP contribution in [-0.4, -0.2) is 67.9 Å². The molecule has 0 radical (unpaired) electrons. The Balaban J connectivity index is 1.56. The molecule has 27 heavy (non-hydrogen) atoms. The number of pyridine rings is 1. The Bertz CT molecular complexity index is 816. The topological polar surface area (TPSA) is 80.6 Å². The van der Waals surface area contributed by atoms with Gasteiger partial charge in [0.15, 0.2) is 5.82 Å². The van der Waals surface area contributed by atoms with Gasteiger partial charge in [-0.15, -0.1) is 0 Å². The third-order valence-electron chi connectivity index (χ3n) is 5.18. The molecule has 0 N–H and O–H groups in total. The Morgan fingerprint density at radius 3 is 2.70 bits per heavy atom. The van der Waals surface area contributed by atoms with Crippen molar-refractivity contribution in [3.05, 3.63) is 42.7 Å². The fourth-order valence-corrected chi connectivity index (χ4v) is 3.80. The summed E-state index contributed by atoms with van der Waals surface area (Å²) in [5, 5.41) is 0. The van der Waals surface area contributed by atoms with Crippen LogP contribution in [0.15, 0.2) is 36.9 Å². The van der Waals surface area contributed by atoms with Gasteiger partial charge in [0.25, 0.3) is 5.91 Å². The summed E-state index contributed by atoms with van der Waals surface area (Å²) < 4.78 is 7.67. The molecule has 0 unspecified atom stereocenters. The zero-order valence-corrected chi connectivity index (χ0v) is 15.3. The van der Waals surface area contributed by atoms with Crippen molar-refractivity contribution in [1.82, 2.24) is 24.3 Å². The first-order valence-corrected chi connectivity index (χ1v) is 9.27. The van der Waals surface area contributed by atoms with Gasteiger partial charge in [-0.25, -0.2) is 4.98 Å². The molecule has 8 heteroatoms. The van der Waals surface area contributed by atoms with Gasteiger partial charge >= 0.3 is 0 Å². The van der Waals surface area contributed by atoms with Crippen LogP contribution in [0.25, 0.3) is 0 Å². The predicted molar refractivity (Wildman–Crippen MR) is 97.1 cm³/mol. The summed E-state index contributed by atoms with van der Waals surface area (Å²) in [6.45, 7) is 1.87. The summed E-state index contributed by atoms with van der Waals surface area (Å²) in [5.41, 5.74) is 0. The van der Waals surface area contributed by atoms with E-state index < -0.39 is 6.04 Å². The molecule has 0 bridgehead atoms. The van der Waals surface area contributed by atoms with Crippen molar-refractivity contribution in [2.45, 2.75) is 31.4 Å². The first kappa shape index (κ1) is 17.5. The Kier molecular flexibility index (Phi) is 4.79. The lowest BCUT2D eigenvalue weighted by atomic mass is 10.1. The average molecular weight is 369 g/mol. The van der Waals surface area contributed by atoms with Crippen LogP contribution in [0.3, 0.4) is 0 Å². The number of ether oxygens (including phenoxy) is 1. The summed E-state index contributed by atoms with van der Waals surface area (Å²) in [4.78, 5) is 37.8. The summed E-state index contributed by atoms with van der Waals surface area (Å²) in [7, 11) is 1.78. The molecule has 142 valence electrons. The third-order valence-corrected chi connectivity index (χ3v) is 5.18. The average Bonchev–Trinajstić information content (AvgIpc) is 3.42. The predicted octanol–water partition coefficient (Wildman–Crippen LogP) is 1.10. The number of carbonyl (C=O) groups excluding carboxylic acids is 2. The van der Waals surface area contributed by atoms with E-state index in [0.717, 1.165) is 25.9 Å².